The number of fused-ring (bicyclic) bond motifs is 2. The van der Waals surface area contributed by atoms with Crippen LogP contribution in [-0.4, -0.2) is 50.5 Å². The van der Waals surface area contributed by atoms with E-state index in [-0.39, 0.29) is 29.1 Å². The van der Waals surface area contributed by atoms with Crippen molar-refractivity contribution in [2.75, 3.05) is 14.1 Å². The predicted molar refractivity (Wildman–Crippen MR) is 125 cm³/mol. The second-order valence-corrected chi connectivity index (χ2v) is 9.66. The number of carbonyl (C=O) groups is 2. The molecule has 1 aromatic carbocycles. The molecule has 11 heteroatoms. The number of hydrogen-bond donors (Lipinski definition) is 2. The van der Waals surface area contributed by atoms with Crippen LogP contribution in [0.5, 0.6) is 5.75 Å². The van der Waals surface area contributed by atoms with Crippen molar-refractivity contribution in [3.8, 4) is 17.3 Å². The lowest BCUT2D eigenvalue weighted by atomic mass is 9.77. The van der Waals surface area contributed by atoms with E-state index in [0.29, 0.717) is 31.6 Å². The second-order valence-electron chi connectivity index (χ2n) is 9.66. The standard InChI is InChI=1S/C25H26FN5O5/c1-30(2)23(35)20(33)29-25-9-7-15(8-10-25)13-31-22(34)19(32)18(28-24(25)31)21-27-12-17(36-21)11-14-3-5-16(26)6-4-14/h3-6,12,15,32H,7-11,13H2,1-2H3,(H,29,33). The van der Waals surface area contributed by atoms with Gasteiger partial charge < -0.3 is 19.7 Å². The highest BCUT2D eigenvalue weighted by molar-refractivity contribution is 6.35. The van der Waals surface area contributed by atoms with Gasteiger partial charge in [-0.05, 0) is 49.3 Å². The molecular formula is C25H26FN5O5. The summed E-state index contributed by atoms with van der Waals surface area (Å²) in [5.74, 6) is -1.58. The third-order valence-corrected chi connectivity index (χ3v) is 6.97. The zero-order chi connectivity index (χ0) is 25.6. The molecular weight excluding hydrogens is 469 g/mol. The van der Waals surface area contributed by atoms with Gasteiger partial charge in [-0.3, -0.25) is 19.0 Å². The summed E-state index contributed by atoms with van der Waals surface area (Å²) in [4.78, 5) is 48.3. The lowest BCUT2D eigenvalue weighted by molar-refractivity contribution is -0.145. The number of halogens is 1. The fraction of sp³-hybridized carbons (Fsp3) is 0.400. The zero-order valence-corrected chi connectivity index (χ0v) is 20.0. The van der Waals surface area contributed by atoms with Crippen LogP contribution < -0.4 is 10.9 Å². The largest absolute Gasteiger partial charge is 0.501 e. The quantitative estimate of drug-likeness (QED) is 0.529. The minimum atomic E-state index is -1.04. The molecule has 6 rings (SSSR count). The lowest BCUT2D eigenvalue weighted by Crippen LogP contribution is -2.53. The Labute approximate surface area is 205 Å². The summed E-state index contributed by atoms with van der Waals surface area (Å²) in [6.45, 7) is 0.357. The van der Waals surface area contributed by atoms with Crippen LogP contribution in [0.1, 0.15) is 42.8 Å². The van der Waals surface area contributed by atoms with E-state index in [1.807, 2.05) is 0 Å². The van der Waals surface area contributed by atoms with E-state index in [1.165, 1.54) is 41.9 Å². The maximum Gasteiger partial charge on any atom is 0.311 e. The summed E-state index contributed by atoms with van der Waals surface area (Å²) in [5, 5.41) is 13.6. The highest BCUT2D eigenvalue weighted by Crippen LogP contribution is 2.43. The Bertz CT molecular complexity index is 1390. The van der Waals surface area contributed by atoms with Crippen LogP contribution in [0.4, 0.5) is 4.39 Å². The average molecular weight is 496 g/mol. The van der Waals surface area contributed by atoms with Crippen molar-refractivity contribution in [2.24, 2.45) is 5.92 Å². The summed E-state index contributed by atoms with van der Waals surface area (Å²) in [7, 11) is 2.98. The second kappa shape index (κ2) is 8.89. The summed E-state index contributed by atoms with van der Waals surface area (Å²) in [5.41, 5.74) is -1.03. The smallest absolute Gasteiger partial charge is 0.311 e. The Morgan fingerprint density at radius 1 is 1.25 bits per heavy atom. The number of likely N-dealkylation sites (N-methyl/N-ethyl adjacent to an activating group) is 1. The van der Waals surface area contributed by atoms with Gasteiger partial charge in [0.05, 0.1) is 11.7 Å². The third kappa shape index (κ3) is 4.14. The molecule has 0 saturated heterocycles. The van der Waals surface area contributed by atoms with Gasteiger partial charge in [-0.2, -0.15) is 0 Å². The van der Waals surface area contributed by atoms with Crippen molar-refractivity contribution < 1.29 is 23.5 Å². The van der Waals surface area contributed by atoms with E-state index < -0.39 is 28.7 Å². The summed E-state index contributed by atoms with van der Waals surface area (Å²) in [6, 6.07) is 5.94. The number of amides is 2. The zero-order valence-electron chi connectivity index (χ0n) is 20.0. The first-order valence-corrected chi connectivity index (χ1v) is 11.7. The van der Waals surface area contributed by atoms with E-state index in [0.717, 1.165) is 18.4 Å². The normalized spacial score (nSPS) is 20.5. The molecule has 1 fully saturated rings. The van der Waals surface area contributed by atoms with E-state index in [2.05, 4.69) is 15.3 Å². The molecule has 2 aromatic heterocycles. The van der Waals surface area contributed by atoms with Crippen LogP contribution in [0, 0.1) is 11.7 Å². The topological polar surface area (TPSA) is 131 Å². The van der Waals surface area contributed by atoms with E-state index in [1.54, 1.807) is 12.1 Å². The number of hydrogen-bond acceptors (Lipinski definition) is 7. The first-order valence-electron chi connectivity index (χ1n) is 11.7. The van der Waals surface area contributed by atoms with Gasteiger partial charge in [-0.15, -0.1) is 0 Å². The maximum atomic E-state index is 13.3. The Hall–Kier alpha value is -4.02. The number of nitrogens with zero attached hydrogens (tertiary/aromatic N) is 4. The number of aromatic hydroxyl groups is 1. The molecule has 36 heavy (non-hydrogen) atoms. The summed E-state index contributed by atoms with van der Waals surface area (Å²) >= 11 is 0. The molecule has 2 aliphatic heterocycles. The van der Waals surface area contributed by atoms with Gasteiger partial charge in [0.25, 0.3) is 5.56 Å². The van der Waals surface area contributed by atoms with Gasteiger partial charge in [0, 0.05) is 27.1 Å². The fourth-order valence-corrected chi connectivity index (χ4v) is 5.02. The first kappa shape index (κ1) is 23.7. The molecule has 10 nitrogen and oxygen atoms in total. The summed E-state index contributed by atoms with van der Waals surface area (Å²) < 4.78 is 20.4. The molecule has 0 atom stereocenters. The minimum Gasteiger partial charge on any atom is -0.501 e. The van der Waals surface area contributed by atoms with Gasteiger partial charge in [0.2, 0.25) is 11.6 Å². The van der Waals surface area contributed by atoms with Gasteiger partial charge in [0.15, 0.2) is 5.69 Å². The fourth-order valence-electron chi connectivity index (χ4n) is 5.02. The number of oxazole rings is 1. The molecule has 4 heterocycles. The Kier molecular flexibility index (Phi) is 5.85. The van der Waals surface area contributed by atoms with Crippen molar-refractivity contribution in [2.45, 2.75) is 44.2 Å². The maximum absolute atomic E-state index is 13.3. The molecule has 0 spiro atoms. The van der Waals surface area contributed by atoms with Crippen molar-refractivity contribution in [1.82, 2.24) is 24.8 Å². The van der Waals surface area contributed by atoms with E-state index >= 15 is 0 Å². The molecule has 3 aromatic rings. The highest BCUT2D eigenvalue weighted by Gasteiger charge is 2.46. The SMILES string of the molecule is CN(C)C(=O)C(=O)NC12CCC(CC1)Cn1c2nc(-c2ncc(Cc3ccc(F)cc3)o2)c(O)c1=O. The molecule has 2 N–H and O–H groups in total. The Morgan fingerprint density at radius 2 is 1.94 bits per heavy atom. The van der Waals surface area contributed by atoms with E-state index in [4.69, 9.17) is 4.42 Å². The Morgan fingerprint density at radius 3 is 2.61 bits per heavy atom. The number of carbonyl (C=O) groups excluding carboxylic acids is 2. The average Bonchev–Trinajstić information content (AvgIpc) is 3.19. The van der Waals surface area contributed by atoms with Gasteiger partial charge in [-0.1, -0.05) is 12.1 Å². The van der Waals surface area contributed by atoms with Crippen LogP contribution in [-0.2, 0) is 28.1 Å². The van der Waals surface area contributed by atoms with Crippen LogP contribution in [0.3, 0.4) is 0 Å². The molecule has 3 aliphatic rings. The van der Waals surface area contributed by atoms with Crippen molar-refractivity contribution in [3.05, 3.63) is 63.8 Å². The number of rotatable bonds is 4. The molecule has 2 amide bonds. The molecule has 188 valence electrons. The van der Waals surface area contributed by atoms with Crippen LogP contribution in [0.25, 0.3) is 11.6 Å². The van der Waals surface area contributed by atoms with Crippen LogP contribution in [0.15, 0.2) is 39.7 Å². The summed E-state index contributed by atoms with van der Waals surface area (Å²) in [6.07, 6.45) is 4.25. The van der Waals surface area contributed by atoms with Gasteiger partial charge >= 0.3 is 11.8 Å². The van der Waals surface area contributed by atoms with Crippen LogP contribution in [0.2, 0.25) is 0 Å². The van der Waals surface area contributed by atoms with Gasteiger partial charge in [0.1, 0.15) is 17.4 Å². The predicted octanol–water partition coefficient (Wildman–Crippen LogP) is 1.94. The monoisotopic (exact) mass is 495 g/mol. The number of aromatic nitrogens is 3. The lowest BCUT2D eigenvalue weighted by Gasteiger charge is -2.37. The molecule has 2 bridgehead atoms. The van der Waals surface area contributed by atoms with Crippen molar-refractivity contribution in [1.29, 1.82) is 0 Å². The molecule has 1 aliphatic carbocycles. The molecule has 0 radical (unpaired) electrons. The number of benzene rings is 1. The highest BCUT2D eigenvalue weighted by atomic mass is 19.1. The van der Waals surface area contributed by atoms with Gasteiger partial charge in [-0.25, -0.2) is 14.4 Å². The molecule has 1 saturated carbocycles. The minimum absolute atomic E-state index is 0.0465. The Balaban J connectivity index is 1.55. The number of nitrogens with one attached hydrogen (secondary N) is 1. The third-order valence-electron chi connectivity index (χ3n) is 6.97. The van der Waals surface area contributed by atoms with E-state index in [9.17, 15) is 23.9 Å². The first-order chi connectivity index (χ1) is 17.2. The van der Waals surface area contributed by atoms with Crippen LogP contribution >= 0.6 is 0 Å². The van der Waals surface area contributed by atoms with Crippen molar-refractivity contribution >= 4 is 11.8 Å². The van der Waals surface area contributed by atoms with Crippen molar-refractivity contribution in [3.63, 3.8) is 0 Å². The molecule has 0 unspecified atom stereocenters.